The summed E-state index contributed by atoms with van der Waals surface area (Å²) in [5, 5.41) is 4.50. The predicted octanol–water partition coefficient (Wildman–Crippen LogP) is 3.94. The topological polar surface area (TPSA) is 78.5 Å². The standard InChI is InChI=1S/C18H19ClF3N3O3/c19-13-6-5-11(9-12(13)18(20,21)22)23-14(26)10-25-15(27)17(24-16(25)28)7-3-1-2-4-8-17/h5-6,9H,1-4,7-8,10H2,(H,23,26)(H,24,28). The fourth-order valence-corrected chi connectivity index (χ4v) is 3.88. The number of amides is 4. The molecule has 0 atom stereocenters. The Morgan fingerprint density at radius 1 is 1.18 bits per heavy atom. The average Bonchev–Trinajstić information content (AvgIpc) is 2.78. The molecule has 3 rings (SSSR count). The molecule has 6 nitrogen and oxygen atoms in total. The lowest BCUT2D eigenvalue weighted by molar-refractivity contribution is -0.137. The van der Waals surface area contributed by atoms with Gasteiger partial charge in [-0.1, -0.05) is 37.3 Å². The van der Waals surface area contributed by atoms with Gasteiger partial charge < -0.3 is 10.6 Å². The average molecular weight is 418 g/mol. The largest absolute Gasteiger partial charge is 0.417 e. The Bertz CT molecular complexity index is 805. The monoisotopic (exact) mass is 417 g/mol. The van der Waals surface area contributed by atoms with E-state index in [0.717, 1.165) is 36.6 Å². The van der Waals surface area contributed by atoms with Gasteiger partial charge in [-0.05, 0) is 31.0 Å². The highest BCUT2D eigenvalue weighted by atomic mass is 35.5. The number of rotatable bonds is 3. The molecule has 28 heavy (non-hydrogen) atoms. The zero-order chi connectivity index (χ0) is 20.5. The number of alkyl halides is 3. The molecule has 0 aromatic heterocycles. The SMILES string of the molecule is O=C(CN1C(=O)NC2(CCCCCC2)C1=O)Nc1ccc(Cl)c(C(F)(F)F)c1. The fourth-order valence-electron chi connectivity index (χ4n) is 3.66. The number of nitrogens with one attached hydrogen (secondary N) is 2. The molecule has 1 aromatic rings. The highest BCUT2D eigenvalue weighted by Crippen LogP contribution is 2.36. The second kappa shape index (κ2) is 7.62. The minimum absolute atomic E-state index is 0.127. The number of benzene rings is 1. The fraction of sp³-hybridized carbons (Fsp3) is 0.500. The molecule has 1 aliphatic carbocycles. The maximum Gasteiger partial charge on any atom is 0.417 e. The van der Waals surface area contributed by atoms with Crippen LogP contribution in [-0.4, -0.2) is 34.8 Å². The number of imide groups is 1. The number of hydrogen-bond acceptors (Lipinski definition) is 3. The van der Waals surface area contributed by atoms with E-state index < -0.39 is 46.7 Å². The molecule has 152 valence electrons. The van der Waals surface area contributed by atoms with Gasteiger partial charge >= 0.3 is 12.2 Å². The van der Waals surface area contributed by atoms with Gasteiger partial charge in [0.25, 0.3) is 5.91 Å². The summed E-state index contributed by atoms with van der Waals surface area (Å²) in [6.45, 7) is -0.573. The van der Waals surface area contributed by atoms with Gasteiger partial charge in [-0.25, -0.2) is 4.79 Å². The van der Waals surface area contributed by atoms with Crippen molar-refractivity contribution in [3.05, 3.63) is 28.8 Å². The minimum Gasteiger partial charge on any atom is -0.325 e. The molecular weight excluding hydrogens is 399 g/mol. The minimum atomic E-state index is -4.67. The van der Waals surface area contributed by atoms with Crippen LogP contribution < -0.4 is 10.6 Å². The van der Waals surface area contributed by atoms with Crippen LogP contribution in [0.25, 0.3) is 0 Å². The van der Waals surface area contributed by atoms with Crippen LogP contribution in [0.15, 0.2) is 18.2 Å². The van der Waals surface area contributed by atoms with E-state index in [1.54, 1.807) is 0 Å². The molecule has 0 bridgehead atoms. The van der Waals surface area contributed by atoms with Gasteiger partial charge in [0.2, 0.25) is 5.91 Å². The highest BCUT2D eigenvalue weighted by Gasteiger charge is 2.51. The van der Waals surface area contributed by atoms with E-state index in [1.165, 1.54) is 6.07 Å². The lowest BCUT2D eigenvalue weighted by atomic mass is 9.90. The molecule has 2 aliphatic rings. The first-order chi connectivity index (χ1) is 13.1. The van der Waals surface area contributed by atoms with Crippen LogP contribution in [0.3, 0.4) is 0 Å². The maximum atomic E-state index is 12.9. The first kappa shape index (κ1) is 20.4. The Hall–Kier alpha value is -2.29. The Morgan fingerprint density at radius 2 is 1.82 bits per heavy atom. The van der Waals surface area contributed by atoms with Crippen LogP contribution in [0.2, 0.25) is 5.02 Å². The van der Waals surface area contributed by atoms with Crippen LogP contribution in [0, 0.1) is 0 Å². The van der Waals surface area contributed by atoms with Gasteiger partial charge in [-0.15, -0.1) is 0 Å². The summed E-state index contributed by atoms with van der Waals surface area (Å²) in [5.41, 5.74) is -2.19. The summed E-state index contributed by atoms with van der Waals surface area (Å²) in [5.74, 6) is -1.23. The Kier molecular flexibility index (Phi) is 5.56. The van der Waals surface area contributed by atoms with E-state index in [-0.39, 0.29) is 5.69 Å². The summed E-state index contributed by atoms with van der Waals surface area (Å²) in [7, 11) is 0. The van der Waals surface area contributed by atoms with Crippen molar-refractivity contribution in [2.24, 2.45) is 0 Å². The predicted molar refractivity (Wildman–Crippen MR) is 95.8 cm³/mol. The zero-order valence-corrected chi connectivity index (χ0v) is 15.6. The second-order valence-electron chi connectivity index (χ2n) is 7.06. The second-order valence-corrected chi connectivity index (χ2v) is 7.47. The van der Waals surface area contributed by atoms with E-state index in [1.807, 2.05) is 0 Å². The Balaban J connectivity index is 1.70. The Labute approximate surface area is 164 Å². The molecular formula is C18H19ClF3N3O3. The van der Waals surface area contributed by atoms with Crippen LogP contribution >= 0.6 is 11.6 Å². The molecule has 2 fully saturated rings. The van der Waals surface area contributed by atoms with Crippen molar-refractivity contribution in [1.29, 1.82) is 0 Å². The van der Waals surface area contributed by atoms with Crippen LogP contribution in [0.4, 0.5) is 23.7 Å². The summed E-state index contributed by atoms with van der Waals surface area (Å²) in [6, 6.07) is 2.29. The van der Waals surface area contributed by atoms with Crippen LogP contribution in [-0.2, 0) is 15.8 Å². The Morgan fingerprint density at radius 3 is 2.43 bits per heavy atom. The molecule has 0 radical (unpaired) electrons. The summed E-state index contributed by atoms with van der Waals surface area (Å²) < 4.78 is 38.8. The quantitative estimate of drug-likeness (QED) is 0.731. The van der Waals surface area contributed by atoms with E-state index in [9.17, 15) is 27.6 Å². The number of urea groups is 1. The van der Waals surface area contributed by atoms with Crippen molar-refractivity contribution in [2.45, 2.75) is 50.2 Å². The number of hydrogen-bond donors (Lipinski definition) is 2. The highest BCUT2D eigenvalue weighted by molar-refractivity contribution is 6.31. The molecule has 1 saturated heterocycles. The third-order valence-corrected chi connectivity index (χ3v) is 5.39. The number of carbonyl (C=O) groups is 3. The van der Waals surface area contributed by atoms with Gasteiger partial charge in [0.1, 0.15) is 12.1 Å². The molecule has 1 aromatic carbocycles. The molecule has 10 heteroatoms. The molecule has 1 aliphatic heterocycles. The molecule has 1 heterocycles. The van der Waals surface area contributed by atoms with E-state index in [2.05, 4.69) is 10.6 Å². The number of anilines is 1. The lowest BCUT2D eigenvalue weighted by Crippen LogP contribution is -2.47. The van der Waals surface area contributed by atoms with E-state index in [0.29, 0.717) is 18.9 Å². The summed E-state index contributed by atoms with van der Waals surface area (Å²) in [6.07, 6.45) is -0.0841. The number of nitrogens with zero attached hydrogens (tertiary/aromatic N) is 1. The van der Waals surface area contributed by atoms with Gasteiger partial charge in [0.05, 0.1) is 10.6 Å². The maximum absolute atomic E-state index is 12.9. The van der Waals surface area contributed by atoms with Gasteiger partial charge in [0.15, 0.2) is 0 Å². The first-order valence-corrected chi connectivity index (χ1v) is 9.31. The van der Waals surface area contributed by atoms with Crippen molar-refractivity contribution in [1.82, 2.24) is 10.2 Å². The zero-order valence-electron chi connectivity index (χ0n) is 14.9. The molecule has 2 N–H and O–H groups in total. The van der Waals surface area contributed by atoms with Gasteiger partial charge in [-0.2, -0.15) is 13.2 Å². The summed E-state index contributed by atoms with van der Waals surface area (Å²) >= 11 is 5.55. The molecule has 0 unspecified atom stereocenters. The van der Waals surface area contributed by atoms with E-state index in [4.69, 9.17) is 11.6 Å². The third kappa shape index (κ3) is 4.09. The van der Waals surface area contributed by atoms with Crippen molar-refractivity contribution in [3.8, 4) is 0 Å². The van der Waals surface area contributed by atoms with Crippen molar-refractivity contribution in [2.75, 3.05) is 11.9 Å². The number of carbonyl (C=O) groups excluding carboxylic acids is 3. The van der Waals surface area contributed by atoms with Gasteiger partial charge in [0, 0.05) is 5.69 Å². The normalized spacial score (nSPS) is 19.5. The molecule has 1 saturated carbocycles. The third-order valence-electron chi connectivity index (χ3n) is 5.06. The van der Waals surface area contributed by atoms with Crippen LogP contribution in [0.1, 0.15) is 44.1 Å². The van der Waals surface area contributed by atoms with Crippen molar-refractivity contribution in [3.63, 3.8) is 0 Å². The van der Waals surface area contributed by atoms with Crippen LogP contribution in [0.5, 0.6) is 0 Å². The van der Waals surface area contributed by atoms with Crippen molar-refractivity contribution >= 4 is 35.1 Å². The van der Waals surface area contributed by atoms with E-state index >= 15 is 0 Å². The molecule has 4 amide bonds. The number of halogens is 4. The lowest BCUT2D eigenvalue weighted by Gasteiger charge is -2.24. The van der Waals surface area contributed by atoms with Gasteiger partial charge in [-0.3, -0.25) is 14.5 Å². The smallest absolute Gasteiger partial charge is 0.325 e. The molecule has 1 spiro atoms. The first-order valence-electron chi connectivity index (χ1n) is 8.93. The van der Waals surface area contributed by atoms with Crippen molar-refractivity contribution < 1.29 is 27.6 Å². The summed E-state index contributed by atoms with van der Waals surface area (Å²) in [4.78, 5) is 38.1.